The molecule has 0 saturated carbocycles. The van der Waals surface area contributed by atoms with Crippen molar-refractivity contribution < 1.29 is 17.9 Å². The molecule has 1 aromatic rings. The smallest absolute Gasteiger partial charge is 0.363 e. The van der Waals surface area contributed by atoms with Crippen LogP contribution in [0.5, 0.6) is 0 Å². The lowest BCUT2D eigenvalue weighted by Gasteiger charge is -2.29. The van der Waals surface area contributed by atoms with E-state index in [9.17, 15) is 13.2 Å². The van der Waals surface area contributed by atoms with Crippen LogP contribution in [-0.2, 0) is 17.3 Å². The predicted octanol–water partition coefficient (Wildman–Crippen LogP) is 3.25. The van der Waals surface area contributed by atoms with Gasteiger partial charge in [0.05, 0.1) is 12.2 Å². The summed E-state index contributed by atoms with van der Waals surface area (Å²) in [6, 6.07) is 5.65. The van der Waals surface area contributed by atoms with Gasteiger partial charge in [-0.3, -0.25) is 5.32 Å². The van der Waals surface area contributed by atoms with Gasteiger partial charge in [0.15, 0.2) is 0 Å². The highest BCUT2D eigenvalue weighted by Gasteiger charge is 2.33. The summed E-state index contributed by atoms with van der Waals surface area (Å²) in [4.78, 5) is 0. The lowest BCUT2D eigenvalue weighted by molar-refractivity contribution is -0.138. The SMILES string of the molecule is CC1CNC(Cc2ccccc2C(F)(F)F)OC1.Cl. The molecule has 1 aliphatic heterocycles. The molecule has 6 heteroatoms. The van der Waals surface area contributed by atoms with Gasteiger partial charge in [0.2, 0.25) is 0 Å². The first-order chi connectivity index (χ1) is 8.47. The maximum Gasteiger partial charge on any atom is 0.416 e. The van der Waals surface area contributed by atoms with E-state index in [1.54, 1.807) is 6.07 Å². The summed E-state index contributed by atoms with van der Waals surface area (Å²) in [5.74, 6) is 0.402. The number of rotatable bonds is 2. The zero-order valence-electron chi connectivity index (χ0n) is 10.5. The van der Waals surface area contributed by atoms with Crippen LogP contribution in [0.15, 0.2) is 24.3 Å². The molecule has 2 unspecified atom stereocenters. The van der Waals surface area contributed by atoms with Gasteiger partial charge in [0.25, 0.3) is 0 Å². The van der Waals surface area contributed by atoms with Crippen LogP contribution in [0, 0.1) is 5.92 Å². The molecule has 2 rings (SSSR count). The van der Waals surface area contributed by atoms with Gasteiger partial charge in [-0.25, -0.2) is 0 Å². The van der Waals surface area contributed by atoms with Gasteiger partial charge in [-0.05, 0) is 17.5 Å². The monoisotopic (exact) mass is 295 g/mol. The van der Waals surface area contributed by atoms with Gasteiger partial charge in [-0.1, -0.05) is 25.1 Å². The van der Waals surface area contributed by atoms with E-state index in [0.29, 0.717) is 12.5 Å². The third-order valence-corrected chi connectivity index (χ3v) is 3.00. The molecule has 2 atom stereocenters. The second-order valence-corrected chi connectivity index (χ2v) is 4.69. The van der Waals surface area contributed by atoms with E-state index >= 15 is 0 Å². The zero-order valence-corrected chi connectivity index (χ0v) is 11.4. The Morgan fingerprint density at radius 1 is 1.32 bits per heavy atom. The molecular weight excluding hydrogens is 279 g/mol. The molecule has 1 aliphatic rings. The lowest BCUT2D eigenvalue weighted by Crippen LogP contribution is -2.43. The summed E-state index contributed by atoms with van der Waals surface area (Å²) < 4.78 is 43.9. The third kappa shape index (κ3) is 4.37. The standard InChI is InChI=1S/C13H16F3NO.ClH/c1-9-7-17-12(18-8-9)6-10-4-2-3-5-11(10)13(14,15)16;/h2-5,9,12,17H,6-8H2,1H3;1H. The first-order valence-electron chi connectivity index (χ1n) is 5.97. The van der Waals surface area contributed by atoms with Crippen molar-refractivity contribution in [1.82, 2.24) is 5.32 Å². The second kappa shape index (κ2) is 6.59. The van der Waals surface area contributed by atoms with Gasteiger partial charge in [0.1, 0.15) is 6.23 Å². The molecule has 0 radical (unpaired) electrons. The molecule has 2 nitrogen and oxygen atoms in total. The molecule has 0 amide bonds. The van der Waals surface area contributed by atoms with E-state index in [4.69, 9.17) is 4.74 Å². The molecule has 0 bridgehead atoms. The molecule has 0 aliphatic carbocycles. The quantitative estimate of drug-likeness (QED) is 0.904. The molecule has 1 fully saturated rings. The maximum atomic E-state index is 12.8. The number of hydrogen-bond donors (Lipinski definition) is 1. The Morgan fingerprint density at radius 2 is 2.00 bits per heavy atom. The van der Waals surface area contributed by atoms with Crippen LogP contribution in [0.4, 0.5) is 13.2 Å². The lowest BCUT2D eigenvalue weighted by atomic mass is 10.0. The summed E-state index contributed by atoms with van der Waals surface area (Å²) >= 11 is 0. The van der Waals surface area contributed by atoms with Crippen LogP contribution in [0.3, 0.4) is 0 Å². The molecule has 0 spiro atoms. The molecule has 1 N–H and O–H groups in total. The van der Waals surface area contributed by atoms with Crippen LogP contribution in [0.2, 0.25) is 0 Å². The topological polar surface area (TPSA) is 21.3 Å². The first kappa shape index (κ1) is 16.3. The van der Waals surface area contributed by atoms with Crippen molar-refractivity contribution in [3.8, 4) is 0 Å². The Bertz CT molecular complexity index is 403. The second-order valence-electron chi connectivity index (χ2n) is 4.69. The maximum absolute atomic E-state index is 12.8. The number of alkyl halides is 3. The van der Waals surface area contributed by atoms with Crippen molar-refractivity contribution in [3.05, 3.63) is 35.4 Å². The average Bonchev–Trinajstić information content (AvgIpc) is 2.31. The highest BCUT2D eigenvalue weighted by molar-refractivity contribution is 5.85. The Hall–Kier alpha value is -0.780. The Morgan fingerprint density at radius 3 is 2.58 bits per heavy atom. The predicted molar refractivity (Wildman–Crippen MR) is 69.3 cm³/mol. The van der Waals surface area contributed by atoms with E-state index in [1.807, 2.05) is 6.92 Å². The van der Waals surface area contributed by atoms with Crippen molar-refractivity contribution in [3.63, 3.8) is 0 Å². The van der Waals surface area contributed by atoms with Crippen molar-refractivity contribution in [2.45, 2.75) is 25.7 Å². The van der Waals surface area contributed by atoms with Gasteiger partial charge >= 0.3 is 6.18 Å². The number of halogens is 4. The minimum atomic E-state index is -4.31. The minimum Gasteiger partial charge on any atom is -0.363 e. The van der Waals surface area contributed by atoms with Crippen LogP contribution in [0.25, 0.3) is 0 Å². The molecule has 0 aromatic heterocycles. The molecule has 19 heavy (non-hydrogen) atoms. The fourth-order valence-electron chi connectivity index (χ4n) is 2.04. The van der Waals surface area contributed by atoms with E-state index in [-0.39, 0.29) is 30.6 Å². The normalized spacial score (nSPS) is 23.8. The van der Waals surface area contributed by atoms with Crippen LogP contribution in [0.1, 0.15) is 18.1 Å². The minimum absolute atomic E-state index is 0. The van der Waals surface area contributed by atoms with Crippen molar-refractivity contribution in [2.75, 3.05) is 13.2 Å². The third-order valence-electron chi connectivity index (χ3n) is 3.00. The molecular formula is C13H17ClF3NO. The molecule has 1 saturated heterocycles. The van der Waals surface area contributed by atoms with Crippen LogP contribution >= 0.6 is 12.4 Å². The Balaban J connectivity index is 0.00000180. The molecule has 1 heterocycles. The number of nitrogens with one attached hydrogen (secondary N) is 1. The highest BCUT2D eigenvalue weighted by Crippen LogP contribution is 2.32. The van der Waals surface area contributed by atoms with E-state index in [1.165, 1.54) is 12.1 Å². The van der Waals surface area contributed by atoms with Crippen molar-refractivity contribution >= 4 is 12.4 Å². The highest BCUT2D eigenvalue weighted by atomic mass is 35.5. The fraction of sp³-hybridized carbons (Fsp3) is 0.538. The van der Waals surface area contributed by atoms with Crippen LogP contribution < -0.4 is 5.32 Å². The summed E-state index contributed by atoms with van der Waals surface area (Å²) in [5.41, 5.74) is -0.300. The zero-order chi connectivity index (χ0) is 13.2. The number of benzene rings is 1. The van der Waals surface area contributed by atoms with Crippen LogP contribution in [-0.4, -0.2) is 19.4 Å². The van der Waals surface area contributed by atoms with Crippen molar-refractivity contribution in [1.29, 1.82) is 0 Å². The fourth-order valence-corrected chi connectivity index (χ4v) is 2.04. The summed E-state index contributed by atoms with van der Waals surface area (Å²) in [6.45, 7) is 3.40. The summed E-state index contributed by atoms with van der Waals surface area (Å²) in [6.07, 6.45) is -4.40. The summed E-state index contributed by atoms with van der Waals surface area (Å²) in [5, 5.41) is 3.11. The number of hydrogen-bond acceptors (Lipinski definition) is 2. The molecule has 1 aromatic carbocycles. The van der Waals surface area contributed by atoms with Crippen molar-refractivity contribution in [2.24, 2.45) is 5.92 Å². The molecule has 108 valence electrons. The summed E-state index contributed by atoms with van der Waals surface area (Å²) in [7, 11) is 0. The van der Waals surface area contributed by atoms with E-state index in [2.05, 4.69) is 5.32 Å². The largest absolute Gasteiger partial charge is 0.416 e. The average molecular weight is 296 g/mol. The Labute approximate surface area is 116 Å². The van der Waals surface area contributed by atoms with E-state index < -0.39 is 11.7 Å². The first-order valence-corrected chi connectivity index (χ1v) is 5.97. The van der Waals surface area contributed by atoms with Gasteiger partial charge in [0, 0.05) is 13.0 Å². The van der Waals surface area contributed by atoms with Gasteiger partial charge in [-0.15, -0.1) is 12.4 Å². The van der Waals surface area contributed by atoms with Gasteiger partial charge < -0.3 is 4.74 Å². The van der Waals surface area contributed by atoms with E-state index in [0.717, 1.165) is 12.6 Å². The number of ether oxygens (including phenoxy) is 1. The Kier molecular flexibility index (Phi) is 5.64. The van der Waals surface area contributed by atoms with Gasteiger partial charge in [-0.2, -0.15) is 13.2 Å².